The summed E-state index contributed by atoms with van der Waals surface area (Å²) in [5.74, 6) is 0.343. The summed E-state index contributed by atoms with van der Waals surface area (Å²) in [6.45, 7) is 4.69. The van der Waals surface area contributed by atoms with Crippen molar-refractivity contribution in [3.63, 3.8) is 0 Å². The van der Waals surface area contributed by atoms with E-state index in [4.69, 9.17) is 5.73 Å². The number of hydrogen-bond donors (Lipinski definition) is 1. The van der Waals surface area contributed by atoms with Crippen molar-refractivity contribution in [1.82, 2.24) is 9.80 Å². The van der Waals surface area contributed by atoms with Crippen LogP contribution in [0.15, 0.2) is 0 Å². The van der Waals surface area contributed by atoms with Crippen molar-refractivity contribution < 1.29 is 4.79 Å². The lowest BCUT2D eigenvalue weighted by atomic mass is 9.66. The second kappa shape index (κ2) is 4.82. The average Bonchev–Trinajstić information content (AvgIpc) is 3.18. The standard InChI is InChI=1S/C14H25N3O/c15-11-14(4-1-5-14)10-13(18)17-8-6-16(7-9-17)12-2-3-12/h12H,1-11,15H2. The minimum Gasteiger partial charge on any atom is -0.340 e. The van der Waals surface area contributed by atoms with Crippen molar-refractivity contribution in [2.24, 2.45) is 11.1 Å². The van der Waals surface area contributed by atoms with E-state index in [1.165, 1.54) is 19.3 Å². The van der Waals surface area contributed by atoms with Crippen LogP contribution in [0.25, 0.3) is 0 Å². The molecule has 2 aliphatic carbocycles. The van der Waals surface area contributed by atoms with E-state index in [2.05, 4.69) is 9.80 Å². The van der Waals surface area contributed by atoms with Gasteiger partial charge in [0.2, 0.25) is 5.91 Å². The summed E-state index contributed by atoms with van der Waals surface area (Å²) in [5.41, 5.74) is 6.00. The van der Waals surface area contributed by atoms with Gasteiger partial charge in [-0.05, 0) is 37.6 Å². The van der Waals surface area contributed by atoms with Crippen molar-refractivity contribution in [2.75, 3.05) is 32.7 Å². The molecule has 2 N–H and O–H groups in total. The molecule has 1 aliphatic heterocycles. The molecule has 4 heteroatoms. The SMILES string of the molecule is NCC1(CC(=O)N2CCN(C3CC3)CC2)CCC1. The highest BCUT2D eigenvalue weighted by Gasteiger charge is 2.39. The van der Waals surface area contributed by atoms with Gasteiger partial charge in [0.15, 0.2) is 0 Å². The van der Waals surface area contributed by atoms with Gasteiger partial charge in [-0.2, -0.15) is 0 Å². The third-order valence-electron chi connectivity index (χ3n) is 5.10. The molecule has 18 heavy (non-hydrogen) atoms. The minimum absolute atomic E-state index is 0.157. The van der Waals surface area contributed by atoms with E-state index in [9.17, 15) is 4.79 Å². The molecule has 1 saturated heterocycles. The van der Waals surface area contributed by atoms with Gasteiger partial charge in [-0.1, -0.05) is 6.42 Å². The molecule has 1 amide bonds. The van der Waals surface area contributed by atoms with E-state index in [0.717, 1.165) is 45.1 Å². The number of nitrogens with two attached hydrogens (primary N) is 1. The van der Waals surface area contributed by atoms with Gasteiger partial charge in [0.25, 0.3) is 0 Å². The number of amides is 1. The Balaban J connectivity index is 1.48. The molecule has 102 valence electrons. The molecule has 4 nitrogen and oxygen atoms in total. The molecule has 2 saturated carbocycles. The Hall–Kier alpha value is -0.610. The first-order valence-corrected chi connectivity index (χ1v) is 7.44. The smallest absolute Gasteiger partial charge is 0.223 e. The maximum atomic E-state index is 12.3. The lowest BCUT2D eigenvalue weighted by molar-refractivity contribution is -0.137. The fourth-order valence-corrected chi connectivity index (χ4v) is 3.34. The predicted octanol–water partition coefficient (Wildman–Crippen LogP) is 0.812. The van der Waals surface area contributed by atoms with Crippen molar-refractivity contribution in [1.29, 1.82) is 0 Å². The highest BCUT2D eigenvalue weighted by molar-refractivity contribution is 5.77. The summed E-state index contributed by atoms with van der Waals surface area (Å²) in [6.07, 6.45) is 6.97. The second-order valence-corrected chi connectivity index (χ2v) is 6.38. The van der Waals surface area contributed by atoms with E-state index in [-0.39, 0.29) is 5.41 Å². The molecule has 0 bridgehead atoms. The number of rotatable bonds is 4. The van der Waals surface area contributed by atoms with E-state index in [1.807, 2.05) is 0 Å². The first-order valence-electron chi connectivity index (χ1n) is 7.44. The number of hydrogen-bond acceptors (Lipinski definition) is 3. The minimum atomic E-state index is 0.157. The summed E-state index contributed by atoms with van der Waals surface area (Å²) in [6, 6.07) is 0.837. The van der Waals surface area contributed by atoms with Crippen LogP contribution < -0.4 is 5.73 Å². The largest absolute Gasteiger partial charge is 0.340 e. The van der Waals surface area contributed by atoms with Crippen LogP contribution >= 0.6 is 0 Å². The van der Waals surface area contributed by atoms with Gasteiger partial charge < -0.3 is 10.6 Å². The summed E-state index contributed by atoms with van der Waals surface area (Å²) >= 11 is 0. The monoisotopic (exact) mass is 251 g/mol. The molecular weight excluding hydrogens is 226 g/mol. The fraction of sp³-hybridized carbons (Fsp3) is 0.929. The first kappa shape index (κ1) is 12.4. The summed E-state index contributed by atoms with van der Waals surface area (Å²) < 4.78 is 0. The fourth-order valence-electron chi connectivity index (χ4n) is 3.34. The molecule has 0 aromatic rings. The lowest BCUT2D eigenvalue weighted by Gasteiger charge is -2.43. The van der Waals surface area contributed by atoms with Gasteiger partial charge in [0.05, 0.1) is 0 Å². The highest BCUT2D eigenvalue weighted by Crippen LogP contribution is 2.43. The van der Waals surface area contributed by atoms with Crippen molar-refractivity contribution in [3.05, 3.63) is 0 Å². The van der Waals surface area contributed by atoms with Crippen LogP contribution in [-0.2, 0) is 4.79 Å². The van der Waals surface area contributed by atoms with Gasteiger partial charge in [-0.25, -0.2) is 0 Å². The Morgan fingerprint density at radius 3 is 2.28 bits per heavy atom. The molecule has 0 aromatic carbocycles. The van der Waals surface area contributed by atoms with Crippen LogP contribution in [0.4, 0.5) is 0 Å². The molecule has 0 spiro atoms. The number of piperazine rings is 1. The second-order valence-electron chi connectivity index (χ2n) is 6.38. The molecule has 0 unspecified atom stereocenters. The van der Waals surface area contributed by atoms with E-state index < -0.39 is 0 Å². The normalized spacial score (nSPS) is 27.9. The topological polar surface area (TPSA) is 49.6 Å². The summed E-state index contributed by atoms with van der Waals surface area (Å²) in [5, 5.41) is 0. The molecular formula is C14H25N3O. The van der Waals surface area contributed by atoms with Gasteiger partial charge in [-0.15, -0.1) is 0 Å². The van der Waals surface area contributed by atoms with Crippen LogP contribution in [0, 0.1) is 5.41 Å². The highest BCUT2D eigenvalue weighted by atomic mass is 16.2. The number of nitrogens with zero attached hydrogens (tertiary/aromatic N) is 2. The zero-order chi connectivity index (χ0) is 12.6. The van der Waals surface area contributed by atoms with Crippen LogP contribution in [0.3, 0.4) is 0 Å². The molecule has 0 aromatic heterocycles. The van der Waals surface area contributed by atoms with Crippen LogP contribution in [0.1, 0.15) is 38.5 Å². The molecule has 3 fully saturated rings. The van der Waals surface area contributed by atoms with Gasteiger partial charge in [-0.3, -0.25) is 9.69 Å². The third-order valence-corrected chi connectivity index (χ3v) is 5.10. The van der Waals surface area contributed by atoms with E-state index >= 15 is 0 Å². The van der Waals surface area contributed by atoms with Crippen LogP contribution in [-0.4, -0.2) is 54.5 Å². The maximum absolute atomic E-state index is 12.3. The molecule has 0 radical (unpaired) electrons. The Morgan fingerprint density at radius 1 is 1.17 bits per heavy atom. The number of carbonyl (C=O) groups excluding carboxylic acids is 1. The van der Waals surface area contributed by atoms with Crippen molar-refractivity contribution >= 4 is 5.91 Å². The van der Waals surface area contributed by atoms with Crippen molar-refractivity contribution in [2.45, 2.75) is 44.6 Å². The maximum Gasteiger partial charge on any atom is 0.223 e. The summed E-state index contributed by atoms with van der Waals surface area (Å²) in [7, 11) is 0. The predicted molar refractivity (Wildman–Crippen MR) is 71.1 cm³/mol. The van der Waals surface area contributed by atoms with Crippen LogP contribution in [0.2, 0.25) is 0 Å². The quantitative estimate of drug-likeness (QED) is 0.804. The Bertz CT molecular complexity index is 309. The van der Waals surface area contributed by atoms with Gasteiger partial charge >= 0.3 is 0 Å². The molecule has 1 heterocycles. The Kier molecular flexibility index (Phi) is 3.32. The average molecular weight is 251 g/mol. The first-order chi connectivity index (χ1) is 8.72. The third kappa shape index (κ3) is 2.41. The van der Waals surface area contributed by atoms with E-state index in [0.29, 0.717) is 18.9 Å². The molecule has 3 aliphatic rings. The summed E-state index contributed by atoms with van der Waals surface area (Å²) in [4.78, 5) is 16.9. The van der Waals surface area contributed by atoms with Crippen molar-refractivity contribution in [3.8, 4) is 0 Å². The molecule has 3 rings (SSSR count). The zero-order valence-corrected chi connectivity index (χ0v) is 11.2. The zero-order valence-electron chi connectivity index (χ0n) is 11.2. The Labute approximate surface area is 109 Å². The van der Waals surface area contributed by atoms with E-state index in [1.54, 1.807) is 0 Å². The number of carbonyl (C=O) groups is 1. The molecule has 0 atom stereocenters. The van der Waals surface area contributed by atoms with Crippen LogP contribution in [0.5, 0.6) is 0 Å². The Morgan fingerprint density at radius 2 is 1.83 bits per heavy atom. The van der Waals surface area contributed by atoms with Gasteiger partial charge in [0, 0.05) is 38.6 Å². The lowest BCUT2D eigenvalue weighted by Crippen LogP contribution is -2.51. The van der Waals surface area contributed by atoms with Gasteiger partial charge in [0.1, 0.15) is 0 Å².